The second-order valence-electron chi connectivity index (χ2n) is 4.40. The Morgan fingerprint density at radius 1 is 1.50 bits per heavy atom. The van der Waals surface area contributed by atoms with Gasteiger partial charge in [0.05, 0.1) is 18.3 Å². The third kappa shape index (κ3) is 5.06. The van der Waals surface area contributed by atoms with Gasteiger partial charge in [-0.1, -0.05) is 0 Å². The minimum absolute atomic E-state index is 0.197. The van der Waals surface area contributed by atoms with Gasteiger partial charge in [-0.3, -0.25) is 0 Å². The van der Waals surface area contributed by atoms with E-state index in [2.05, 4.69) is 21.8 Å². The van der Waals surface area contributed by atoms with E-state index >= 15 is 0 Å². The van der Waals surface area contributed by atoms with Gasteiger partial charge >= 0.3 is 0 Å². The highest BCUT2D eigenvalue weighted by Crippen LogP contribution is 2.10. The maximum Gasteiger partial charge on any atom is 0.203 e. The summed E-state index contributed by atoms with van der Waals surface area (Å²) in [5, 5.41) is 3.33. The molecule has 18 heavy (non-hydrogen) atoms. The molecule has 0 radical (unpaired) electrons. The van der Waals surface area contributed by atoms with Crippen LogP contribution in [0.25, 0.3) is 0 Å². The average Bonchev–Trinajstić information content (AvgIpc) is 2.65. The maximum atomic E-state index is 5.56. The van der Waals surface area contributed by atoms with Crippen molar-refractivity contribution in [1.29, 1.82) is 0 Å². The zero-order valence-corrected chi connectivity index (χ0v) is 11.9. The zero-order valence-electron chi connectivity index (χ0n) is 11.9. The van der Waals surface area contributed by atoms with Gasteiger partial charge in [0.15, 0.2) is 0 Å². The van der Waals surface area contributed by atoms with E-state index in [9.17, 15) is 0 Å². The van der Waals surface area contributed by atoms with Crippen molar-refractivity contribution in [1.82, 2.24) is 9.55 Å². The summed E-state index contributed by atoms with van der Waals surface area (Å²) in [5.74, 6) is 0.912. The number of nitrogens with zero attached hydrogens (tertiary/aromatic N) is 2. The Kier molecular flexibility index (Phi) is 6.75. The van der Waals surface area contributed by atoms with E-state index in [0.717, 1.165) is 44.4 Å². The van der Waals surface area contributed by atoms with Crippen molar-refractivity contribution in [3.63, 3.8) is 0 Å². The Hall–Kier alpha value is -1.07. The molecule has 104 valence electrons. The fourth-order valence-corrected chi connectivity index (χ4v) is 1.86. The molecule has 0 aliphatic heterocycles. The summed E-state index contributed by atoms with van der Waals surface area (Å²) < 4.78 is 12.7. The van der Waals surface area contributed by atoms with Crippen molar-refractivity contribution < 1.29 is 9.47 Å². The summed E-state index contributed by atoms with van der Waals surface area (Å²) >= 11 is 0. The number of imidazole rings is 1. The Balaban J connectivity index is 2.50. The van der Waals surface area contributed by atoms with E-state index in [0.29, 0.717) is 0 Å². The quantitative estimate of drug-likeness (QED) is 0.686. The summed E-state index contributed by atoms with van der Waals surface area (Å²) in [5.41, 5.74) is 1.02. The number of rotatable bonds is 9. The largest absolute Gasteiger partial charge is 0.385 e. The predicted octanol–water partition coefficient (Wildman–Crippen LogP) is 2.06. The van der Waals surface area contributed by atoms with Crippen molar-refractivity contribution in [2.45, 2.75) is 39.8 Å². The van der Waals surface area contributed by atoms with E-state index in [-0.39, 0.29) is 6.10 Å². The Morgan fingerprint density at radius 3 is 2.94 bits per heavy atom. The average molecular weight is 255 g/mol. The molecule has 1 N–H and O–H groups in total. The van der Waals surface area contributed by atoms with Gasteiger partial charge in [-0.25, -0.2) is 4.98 Å². The molecule has 0 amide bonds. The SMILES string of the molecule is CCOC(C)Cn1cc(C)nc1NCCCOC. The highest BCUT2D eigenvalue weighted by Gasteiger charge is 2.08. The molecule has 5 nitrogen and oxygen atoms in total. The molecule has 1 aromatic heterocycles. The van der Waals surface area contributed by atoms with Crippen molar-refractivity contribution in [2.75, 3.05) is 32.2 Å². The fraction of sp³-hybridized carbons (Fsp3) is 0.769. The lowest BCUT2D eigenvalue weighted by molar-refractivity contribution is 0.0644. The highest BCUT2D eigenvalue weighted by atomic mass is 16.5. The first-order valence-electron chi connectivity index (χ1n) is 6.55. The third-order valence-corrected chi connectivity index (χ3v) is 2.61. The van der Waals surface area contributed by atoms with E-state index in [1.165, 1.54) is 0 Å². The number of ether oxygens (including phenoxy) is 2. The molecular weight excluding hydrogens is 230 g/mol. The molecule has 0 saturated heterocycles. The lowest BCUT2D eigenvalue weighted by Gasteiger charge is -2.15. The molecule has 1 rings (SSSR count). The summed E-state index contributed by atoms with van der Waals surface area (Å²) in [4.78, 5) is 4.48. The van der Waals surface area contributed by atoms with Crippen LogP contribution in [0.2, 0.25) is 0 Å². The monoisotopic (exact) mass is 255 g/mol. The Labute approximate surface area is 109 Å². The van der Waals surface area contributed by atoms with E-state index < -0.39 is 0 Å². The van der Waals surface area contributed by atoms with Gasteiger partial charge in [0.25, 0.3) is 0 Å². The van der Waals surface area contributed by atoms with E-state index in [4.69, 9.17) is 9.47 Å². The van der Waals surface area contributed by atoms with Gasteiger partial charge in [-0.15, -0.1) is 0 Å². The van der Waals surface area contributed by atoms with Gasteiger partial charge in [0.2, 0.25) is 5.95 Å². The van der Waals surface area contributed by atoms with Gasteiger partial charge in [-0.2, -0.15) is 0 Å². The van der Waals surface area contributed by atoms with Crippen molar-refractivity contribution >= 4 is 5.95 Å². The second-order valence-corrected chi connectivity index (χ2v) is 4.40. The summed E-state index contributed by atoms with van der Waals surface area (Å²) in [6.07, 6.45) is 3.22. The summed E-state index contributed by atoms with van der Waals surface area (Å²) in [6, 6.07) is 0. The molecule has 1 heterocycles. The van der Waals surface area contributed by atoms with Crippen LogP contribution < -0.4 is 5.32 Å². The maximum absolute atomic E-state index is 5.56. The first-order chi connectivity index (χ1) is 8.67. The molecule has 0 bridgehead atoms. The van der Waals surface area contributed by atoms with Crippen molar-refractivity contribution in [2.24, 2.45) is 0 Å². The van der Waals surface area contributed by atoms with E-state index in [1.807, 2.05) is 20.0 Å². The number of anilines is 1. The molecule has 0 saturated carbocycles. The highest BCUT2D eigenvalue weighted by molar-refractivity contribution is 5.28. The normalized spacial score (nSPS) is 12.7. The van der Waals surface area contributed by atoms with Crippen LogP contribution in [0.5, 0.6) is 0 Å². The lowest BCUT2D eigenvalue weighted by Crippen LogP contribution is -2.18. The van der Waals surface area contributed by atoms with Gasteiger partial charge in [-0.05, 0) is 27.2 Å². The summed E-state index contributed by atoms with van der Waals surface area (Å²) in [6.45, 7) is 9.29. The number of hydrogen-bond acceptors (Lipinski definition) is 4. The minimum Gasteiger partial charge on any atom is -0.385 e. The van der Waals surface area contributed by atoms with Gasteiger partial charge < -0.3 is 19.4 Å². The molecule has 5 heteroatoms. The van der Waals surface area contributed by atoms with Crippen LogP contribution in [0.1, 0.15) is 26.0 Å². The predicted molar refractivity (Wildman–Crippen MR) is 73.0 cm³/mol. The van der Waals surface area contributed by atoms with Crippen LogP contribution in [-0.4, -0.2) is 42.5 Å². The molecule has 0 aliphatic carbocycles. The van der Waals surface area contributed by atoms with Crippen molar-refractivity contribution in [3.05, 3.63) is 11.9 Å². The van der Waals surface area contributed by atoms with Crippen LogP contribution in [-0.2, 0) is 16.0 Å². The molecule has 0 fully saturated rings. The third-order valence-electron chi connectivity index (χ3n) is 2.61. The van der Waals surface area contributed by atoms with Gasteiger partial charge in [0.1, 0.15) is 0 Å². The number of nitrogens with one attached hydrogen (secondary N) is 1. The van der Waals surface area contributed by atoms with Crippen LogP contribution >= 0.6 is 0 Å². The molecule has 1 atom stereocenters. The fourth-order valence-electron chi connectivity index (χ4n) is 1.86. The number of aromatic nitrogens is 2. The summed E-state index contributed by atoms with van der Waals surface area (Å²) in [7, 11) is 1.72. The zero-order chi connectivity index (χ0) is 13.4. The Morgan fingerprint density at radius 2 is 2.28 bits per heavy atom. The molecule has 0 spiro atoms. The standard InChI is InChI=1S/C13H25N3O2/c1-5-18-12(3)10-16-9-11(2)15-13(16)14-7-6-8-17-4/h9,12H,5-8,10H2,1-4H3,(H,14,15). The van der Waals surface area contributed by atoms with Crippen LogP contribution in [0.15, 0.2) is 6.20 Å². The van der Waals surface area contributed by atoms with E-state index in [1.54, 1.807) is 7.11 Å². The number of aryl methyl sites for hydroxylation is 1. The van der Waals surface area contributed by atoms with Crippen LogP contribution in [0, 0.1) is 6.92 Å². The van der Waals surface area contributed by atoms with Crippen LogP contribution in [0.4, 0.5) is 5.95 Å². The smallest absolute Gasteiger partial charge is 0.203 e. The topological polar surface area (TPSA) is 48.3 Å². The molecule has 0 aromatic carbocycles. The van der Waals surface area contributed by atoms with Crippen LogP contribution in [0.3, 0.4) is 0 Å². The number of methoxy groups -OCH3 is 1. The Bertz CT molecular complexity index is 339. The first kappa shape index (κ1) is 15.0. The minimum atomic E-state index is 0.197. The van der Waals surface area contributed by atoms with Gasteiger partial charge in [0, 0.05) is 33.1 Å². The molecular formula is C13H25N3O2. The van der Waals surface area contributed by atoms with Crippen molar-refractivity contribution in [3.8, 4) is 0 Å². The first-order valence-corrected chi connectivity index (χ1v) is 6.55. The molecule has 0 aliphatic rings. The lowest BCUT2D eigenvalue weighted by atomic mass is 10.4. The number of hydrogen-bond donors (Lipinski definition) is 1. The molecule has 1 aromatic rings. The molecule has 1 unspecified atom stereocenters. The second kappa shape index (κ2) is 8.11.